The Morgan fingerprint density at radius 3 is 2.17 bits per heavy atom. The maximum Gasteiger partial charge on any atom is 0.162 e. The van der Waals surface area contributed by atoms with E-state index >= 15 is 0 Å². The average Bonchev–Trinajstić information content (AvgIpc) is 2.62. The molecule has 0 bridgehead atoms. The lowest BCUT2D eigenvalue weighted by atomic mass is 9.74. The molecule has 1 aliphatic heterocycles. The Bertz CT molecular complexity index is 818. The number of rotatable bonds is 2. The topological polar surface area (TPSA) is 29.1 Å². The zero-order valence-electron chi connectivity index (χ0n) is 13.8. The largest absolute Gasteiger partial charge is 0.362 e. The zero-order valence-corrected chi connectivity index (χ0v) is 13.8. The number of allylic oxidation sites excluding steroid dienone is 4. The SMILES string of the molecule is CC1=CC(c2ccccc2)C2=C(CC(c3ccccc3)CC2=O)N1. The van der Waals surface area contributed by atoms with Gasteiger partial charge in [-0.15, -0.1) is 0 Å². The molecule has 0 aromatic heterocycles. The third-order valence-electron chi connectivity index (χ3n) is 5.01. The van der Waals surface area contributed by atoms with E-state index in [0.29, 0.717) is 6.42 Å². The summed E-state index contributed by atoms with van der Waals surface area (Å²) in [6, 6.07) is 20.7. The number of benzene rings is 2. The van der Waals surface area contributed by atoms with E-state index in [2.05, 4.69) is 54.7 Å². The molecule has 24 heavy (non-hydrogen) atoms. The molecule has 2 atom stereocenters. The van der Waals surface area contributed by atoms with Crippen molar-refractivity contribution in [3.05, 3.63) is 94.8 Å². The van der Waals surface area contributed by atoms with Crippen LogP contribution in [0, 0.1) is 0 Å². The second-order valence-electron chi connectivity index (χ2n) is 6.69. The average molecular weight is 315 g/mol. The van der Waals surface area contributed by atoms with Crippen molar-refractivity contribution >= 4 is 5.78 Å². The second kappa shape index (κ2) is 6.12. The van der Waals surface area contributed by atoms with Crippen molar-refractivity contribution in [2.75, 3.05) is 0 Å². The smallest absolute Gasteiger partial charge is 0.162 e. The van der Waals surface area contributed by atoms with Gasteiger partial charge >= 0.3 is 0 Å². The molecule has 2 aromatic carbocycles. The fraction of sp³-hybridized carbons (Fsp3) is 0.227. The normalized spacial score (nSPS) is 23.4. The highest BCUT2D eigenvalue weighted by Crippen LogP contribution is 2.42. The van der Waals surface area contributed by atoms with Gasteiger partial charge in [-0.2, -0.15) is 0 Å². The van der Waals surface area contributed by atoms with Gasteiger partial charge in [0.15, 0.2) is 5.78 Å². The number of Topliss-reactive ketones (excluding diaryl/α,β-unsaturated/α-hetero) is 1. The predicted molar refractivity (Wildman–Crippen MR) is 96.5 cm³/mol. The molecule has 2 aliphatic rings. The van der Waals surface area contributed by atoms with Crippen LogP contribution in [0.4, 0.5) is 0 Å². The highest BCUT2D eigenvalue weighted by Gasteiger charge is 2.34. The van der Waals surface area contributed by atoms with Gasteiger partial charge in [0.25, 0.3) is 0 Å². The number of ketones is 1. The Labute approximate surface area is 142 Å². The maximum absolute atomic E-state index is 13.0. The van der Waals surface area contributed by atoms with Crippen LogP contribution in [0.25, 0.3) is 0 Å². The molecule has 4 rings (SSSR count). The molecule has 2 heteroatoms. The van der Waals surface area contributed by atoms with E-state index in [1.807, 2.05) is 24.3 Å². The molecule has 120 valence electrons. The highest BCUT2D eigenvalue weighted by molar-refractivity contribution is 5.99. The van der Waals surface area contributed by atoms with E-state index in [-0.39, 0.29) is 17.6 Å². The summed E-state index contributed by atoms with van der Waals surface area (Å²) in [6.45, 7) is 2.08. The molecule has 1 N–H and O–H groups in total. The molecular formula is C22H21NO. The monoisotopic (exact) mass is 315 g/mol. The van der Waals surface area contributed by atoms with Gasteiger partial charge in [0.05, 0.1) is 0 Å². The van der Waals surface area contributed by atoms with Gasteiger partial charge in [-0.1, -0.05) is 66.7 Å². The van der Waals surface area contributed by atoms with E-state index in [0.717, 1.165) is 23.4 Å². The van der Waals surface area contributed by atoms with E-state index in [1.54, 1.807) is 0 Å². The van der Waals surface area contributed by atoms with Crippen molar-refractivity contribution in [3.63, 3.8) is 0 Å². The second-order valence-corrected chi connectivity index (χ2v) is 6.69. The quantitative estimate of drug-likeness (QED) is 0.872. The number of dihydropyridines is 1. The van der Waals surface area contributed by atoms with Gasteiger partial charge in [0.2, 0.25) is 0 Å². The molecule has 2 unspecified atom stereocenters. The van der Waals surface area contributed by atoms with E-state index < -0.39 is 0 Å². The van der Waals surface area contributed by atoms with Gasteiger partial charge in [-0.25, -0.2) is 0 Å². The van der Waals surface area contributed by atoms with Gasteiger partial charge in [0.1, 0.15) is 0 Å². The fourth-order valence-electron chi connectivity index (χ4n) is 3.91. The lowest BCUT2D eigenvalue weighted by molar-refractivity contribution is -0.116. The maximum atomic E-state index is 13.0. The third kappa shape index (κ3) is 2.69. The van der Waals surface area contributed by atoms with Crippen LogP contribution in [-0.4, -0.2) is 5.78 Å². The summed E-state index contributed by atoms with van der Waals surface area (Å²) < 4.78 is 0. The van der Waals surface area contributed by atoms with Crippen LogP contribution in [-0.2, 0) is 4.79 Å². The standard InChI is InChI=1S/C22H21NO/c1-15-12-19(17-10-6-3-7-11-17)22-20(23-15)13-18(14-21(22)24)16-8-4-2-5-9-16/h2-12,18-19,23H,13-14H2,1H3. The lowest BCUT2D eigenvalue weighted by Gasteiger charge is -2.34. The Kier molecular flexibility index (Phi) is 3.81. The fourth-order valence-corrected chi connectivity index (χ4v) is 3.91. The molecule has 0 amide bonds. The lowest BCUT2D eigenvalue weighted by Crippen LogP contribution is -2.31. The first-order valence-electron chi connectivity index (χ1n) is 8.54. The minimum atomic E-state index is 0.0756. The van der Waals surface area contributed by atoms with Crippen LogP contribution in [0.15, 0.2) is 83.7 Å². The van der Waals surface area contributed by atoms with Crippen LogP contribution < -0.4 is 5.32 Å². The summed E-state index contributed by atoms with van der Waals surface area (Å²) in [4.78, 5) is 13.0. The Hall–Kier alpha value is -2.61. The summed E-state index contributed by atoms with van der Waals surface area (Å²) in [5, 5.41) is 3.47. The first-order chi connectivity index (χ1) is 11.7. The van der Waals surface area contributed by atoms with Crippen molar-refractivity contribution in [1.82, 2.24) is 5.32 Å². The summed E-state index contributed by atoms with van der Waals surface area (Å²) >= 11 is 0. The molecule has 0 spiro atoms. The van der Waals surface area contributed by atoms with Crippen molar-refractivity contribution in [2.24, 2.45) is 0 Å². The Morgan fingerprint density at radius 1 is 0.875 bits per heavy atom. The molecule has 1 aliphatic carbocycles. The van der Waals surface area contributed by atoms with Gasteiger partial charge in [0, 0.05) is 29.3 Å². The molecule has 0 radical (unpaired) electrons. The van der Waals surface area contributed by atoms with Crippen molar-refractivity contribution in [2.45, 2.75) is 31.6 Å². The van der Waals surface area contributed by atoms with E-state index in [1.165, 1.54) is 11.1 Å². The highest BCUT2D eigenvalue weighted by atomic mass is 16.1. The number of hydrogen-bond acceptors (Lipinski definition) is 2. The molecule has 1 heterocycles. The molecule has 0 fully saturated rings. The number of hydrogen-bond donors (Lipinski definition) is 1. The van der Waals surface area contributed by atoms with Crippen LogP contribution >= 0.6 is 0 Å². The van der Waals surface area contributed by atoms with E-state index in [4.69, 9.17) is 0 Å². The number of carbonyl (C=O) groups is 1. The Balaban J connectivity index is 1.72. The summed E-state index contributed by atoms with van der Waals surface area (Å²) in [5.41, 5.74) is 5.64. The van der Waals surface area contributed by atoms with Crippen LogP contribution in [0.1, 0.15) is 42.7 Å². The molecule has 2 aromatic rings. The zero-order chi connectivity index (χ0) is 16.5. The predicted octanol–water partition coefficient (Wildman–Crippen LogP) is 4.68. The van der Waals surface area contributed by atoms with Crippen LogP contribution in [0.5, 0.6) is 0 Å². The van der Waals surface area contributed by atoms with E-state index in [9.17, 15) is 4.79 Å². The summed E-state index contributed by atoms with van der Waals surface area (Å²) in [5.74, 6) is 0.620. The van der Waals surface area contributed by atoms with Crippen LogP contribution in [0.2, 0.25) is 0 Å². The molecule has 0 saturated heterocycles. The summed E-state index contributed by atoms with van der Waals surface area (Å²) in [6.07, 6.45) is 3.68. The number of carbonyl (C=O) groups excluding carboxylic acids is 1. The van der Waals surface area contributed by atoms with Gasteiger partial charge < -0.3 is 5.32 Å². The van der Waals surface area contributed by atoms with Crippen molar-refractivity contribution in [1.29, 1.82) is 0 Å². The molecule has 0 saturated carbocycles. The number of nitrogens with one attached hydrogen (secondary N) is 1. The minimum Gasteiger partial charge on any atom is -0.362 e. The first-order valence-corrected chi connectivity index (χ1v) is 8.54. The van der Waals surface area contributed by atoms with Crippen molar-refractivity contribution in [3.8, 4) is 0 Å². The third-order valence-corrected chi connectivity index (χ3v) is 5.01. The first kappa shape index (κ1) is 14.9. The van der Waals surface area contributed by atoms with Crippen molar-refractivity contribution < 1.29 is 4.79 Å². The summed E-state index contributed by atoms with van der Waals surface area (Å²) in [7, 11) is 0. The van der Waals surface area contributed by atoms with Crippen LogP contribution in [0.3, 0.4) is 0 Å². The Morgan fingerprint density at radius 2 is 1.50 bits per heavy atom. The van der Waals surface area contributed by atoms with Gasteiger partial charge in [-0.3, -0.25) is 4.79 Å². The molecule has 2 nitrogen and oxygen atoms in total. The minimum absolute atomic E-state index is 0.0756. The molecular weight excluding hydrogens is 294 g/mol. The van der Waals surface area contributed by atoms with Gasteiger partial charge in [-0.05, 0) is 30.4 Å².